The summed E-state index contributed by atoms with van der Waals surface area (Å²) < 4.78 is 25.9. The topological polar surface area (TPSA) is 54.4 Å². The van der Waals surface area contributed by atoms with Gasteiger partial charge in [0.05, 0.1) is 6.26 Å². The fourth-order valence-corrected chi connectivity index (χ4v) is 15.5. The lowest BCUT2D eigenvalue weighted by Crippen LogP contribution is -2.56. The van der Waals surface area contributed by atoms with Gasteiger partial charge in [-0.15, -0.1) is 0 Å². The minimum Gasteiger partial charge on any atom is -0.286 e. The maximum Gasteiger partial charge on any atom is 0.261 e. The van der Waals surface area contributed by atoms with Gasteiger partial charge in [-0.1, -0.05) is 21.3 Å². The third-order valence-corrected chi connectivity index (χ3v) is 14.0. The molecular weight excluding hydrogens is 411 g/mol. The van der Waals surface area contributed by atoms with Crippen molar-refractivity contribution < 1.29 is 13.0 Å². The Morgan fingerprint density at radius 3 is 1.23 bits per heavy atom. The van der Waals surface area contributed by atoms with Gasteiger partial charge in [-0.3, -0.25) is 4.55 Å². The molecule has 8 fully saturated rings. The van der Waals surface area contributed by atoms with Gasteiger partial charge < -0.3 is 0 Å². The van der Waals surface area contributed by atoms with Crippen molar-refractivity contribution in [3.8, 4) is 0 Å². The lowest BCUT2D eigenvalue weighted by Gasteiger charge is -2.67. The van der Waals surface area contributed by atoms with Crippen LogP contribution in [0.25, 0.3) is 0 Å². The number of hydrogen-bond donors (Lipinski definition) is 1. The normalized spacial score (nSPS) is 49.0. The van der Waals surface area contributed by atoms with Crippen LogP contribution in [0, 0.1) is 35.5 Å². The van der Waals surface area contributed by atoms with E-state index in [4.69, 9.17) is 4.55 Å². The molecule has 8 aliphatic carbocycles. The average Bonchev–Trinajstić information content (AvgIpc) is 2.57. The summed E-state index contributed by atoms with van der Waals surface area (Å²) in [6.45, 7) is 2.45. The Bertz CT molecular complexity index is 623. The number of rotatable bonds is 5. The second-order valence-corrected chi connectivity index (χ2v) is 17.2. The van der Waals surface area contributed by atoms with Crippen molar-refractivity contribution in [2.24, 2.45) is 35.5 Å². The van der Waals surface area contributed by atoms with Gasteiger partial charge >= 0.3 is 0 Å². The van der Waals surface area contributed by atoms with Crippen molar-refractivity contribution in [2.45, 2.75) is 107 Å². The Morgan fingerprint density at radius 1 is 0.733 bits per heavy atom. The molecule has 0 aromatic heterocycles. The van der Waals surface area contributed by atoms with Crippen LogP contribution in [0.15, 0.2) is 0 Å². The van der Waals surface area contributed by atoms with E-state index in [2.05, 4.69) is 6.92 Å². The lowest BCUT2D eigenvalue weighted by molar-refractivity contribution is 0.0185. The molecule has 0 radical (unpaired) electrons. The molecule has 0 atom stereocenters. The molecule has 30 heavy (non-hydrogen) atoms. The number of unbranched alkanes of at least 4 members (excludes halogenated alkanes) is 1. The average molecular weight is 455 g/mol. The van der Waals surface area contributed by atoms with E-state index < -0.39 is 10.1 Å². The predicted octanol–water partition coefficient (Wildman–Crippen LogP) is 6.71. The first-order valence-corrected chi connectivity index (χ1v) is 16.2. The third kappa shape index (κ3) is 4.28. The Hall–Kier alpha value is 0.340. The summed E-state index contributed by atoms with van der Waals surface area (Å²) in [6.07, 6.45) is 25.3. The molecule has 0 heterocycles. The summed E-state index contributed by atoms with van der Waals surface area (Å²) in [5.41, 5.74) is 0. The van der Waals surface area contributed by atoms with Crippen molar-refractivity contribution in [1.29, 1.82) is 0 Å². The maximum absolute atomic E-state index is 9.19. The molecule has 8 bridgehead atoms. The van der Waals surface area contributed by atoms with E-state index in [9.17, 15) is 8.42 Å². The molecule has 8 aliphatic rings. The van der Waals surface area contributed by atoms with Crippen molar-refractivity contribution in [3.05, 3.63) is 0 Å². The summed E-state index contributed by atoms with van der Waals surface area (Å²) in [5, 5.41) is 1.76. The van der Waals surface area contributed by atoms with Crippen molar-refractivity contribution in [2.75, 3.05) is 12.4 Å². The lowest BCUT2D eigenvalue weighted by atomic mass is 9.55. The Labute approximate surface area is 186 Å². The van der Waals surface area contributed by atoms with Gasteiger partial charge in [0, 0.05) is 0 Å². The van der Waals surface area contributed by atoms with Crippen LogP contribution in [-0.4, -0.2) is 35.7 Å². The first-order chi connectivity index (χ1) is 14.2. The van der Waals surface area contributed by atoms with Crippen LogP contribution in [0.4, 0.5) is 0 Å². The second kappa shape index (κ2) is 7.98. The van der Waals surface area contributed by atoms with Crippen LogP contribution in [-0.2, 0) is 10.1 Å². The quantitative estimate of drug-likeness (QED) is 0.371. The standard InChI is InChI=1S/C24H39P.CH4O3S/c1-2-3-4-25(23-11-17-5-18(12-23)7-19(6-17)13-23)24-14-20-8-21(15-24)10-22(9-20)16-24;1-5(2,3)4/h17-22H,2-16H2,1H3;1H3,(H,2,3,4). The van der Waals surface area contributed by atoms with Crippen LogP contribution in [0.5, 0.6) is 0 Å². The highest BCUT2D eigenvalue weighted by molar-refractivity contribution is 7.85. The van der Waals surface area contributed by atoms with Crippen LogP contribution in [0.3, 0.4) is 0 Å². The van der Waals surface area contributed by atoms with Crippen molar-refractivity contribution in [3.63, 3.8) is 0 Å². The van der Waals surface area contributed by atoms with Crippen LogP contribution in [0.2, 0.25) is 0 Å². The smallest absolute Gasteiger partial charge is 0.261 e. The van der Waals surface area contributed by atoms with Crippen LogP contribution in [0.1, 0.15) is 96.8 Å². The van der Waals surface area contributed by atoms with E-state index in [1.807, 2.05) is 0 Å². The van der Waals surface area contributed by atoms with Gasteiger partial charge in [-0.2, -0.15) is 8.42 Å². The van der Waals surface area contributed by atoms with Crippen LogP contribution < -0.4 is 0 Å². The van der Waals surface area contributed by atoms with Gasteiger partial charge in [0.25, 0.3) is 10.1 Å². The molecule has 3 nitrogen and oxygen atoms in total. The van der Waals surface area contributed by atoms with E-state index in [1.54, 1.807) is 89.6 Å². The molecule has 0 aliphatic heterocycles. The van der Waals surface area contributed by atoms with E-state index >= 15 is 0 Å². The summed E-state index contributed by atoms with van der Waals surface area (Å²) in [5.74, 6) is 6.95. The van der Waals surface area contributed by atoms with Crippen molar-refractivity contribution >= 4 is 18.0 Å². The summed E-state index contributed by atoms with van der Waals surface area (Å²) >= 11 is 0. The van der Waals surface area contributed by atoms with Gasteiger partial charge in [-0.05, 0) is 135 Å². The van der Waals surface area contributed by atoms with E-state index in [1.165, 1.54) is 6.42 Å². The number of hydrogen-bond acceptors (Lipinski definition) is 2. The fourth-order valence-electron chi connectivity index (χ4n) is 10.1. The zero-order valence-corrected chi connectivity index (χ0v) is 20.9. The molecule has 0 amide bonds. The second-order valence-electron chi connectivity index (χ2n) is 12.5. The SMILES string of the molecule is CCCCP(C12CC3CC(CC(C3)C1)C2)C12CC3CC(CC(C3)C1)C2.CS(=O)(=O)O. The molecule has 0 saturated heterocycles. The largest absolute Gasteiger partial charge is 0.286 e. The van der Waals surface area contributed by atoms with Gasteiger partial charge in [-0.25, -0.2) is 0 Å². The van der Waals surface area contributed by atoms with Gasteiger partial charge in [0.2, 0.25) is 0 Å². The first-order valence-electron chi connectivity index (χ1n) is 12.9. The minimum absolute atomic E-state index is 0.285. The molecule has 0 aromatic rings. The van der Waals surface area contributed by atoms with E-state index in [0.717, 1.165) is 45.8 Å². The zero-order chi connectivity index (χ0) is 21.1. The van der Waals surface area contributed by atoms with Gasteiger partial charge in [0.1, 0.15) is 0 Å². The highest BCUT2D eigenvalue weighted by Gasteiger charge is 2.62. The Morgan fingerprint density at radius 2 is 1.00 bits per heavy atom. The Balaban J connectivity index is 0.000000349. The molecule has 5 heteroatoms. The highest BCUT2D eigenvalue weighted by atomic mass is 32.2. The summed E-state index contributed by atoms with van der Waals surface area (Å²) in [7, 11) is -3.38. The highest BCUT2D eigenvalue weighted by Crippen LogP contribution is 2.78. The minimum atomic E-state index is -3.67. The summed E-state index contributed by atoms with van der Waals surface area (Å²) in [4.78, 5) is 0. The molecule has 172 valence electrons. The Kier molecular flexibility index (Phi) is 5.89. The molecular formula is C25H43O3PS. The predicted molar refractivity (Wildman–Crippen MR) is 126 cm³/mol. The molecule has 0 spiro atoms. The maximum atomic E-state index is 9.19. The van der Waals surface area contributed by atoms with E-state index in [0.29, 0.717) is 6.26 Å². The molecule has 0 aromatic carbocycles. The summed E-state index contributed by atoms with van der Waals surface area (Å²) in [6, 6.07) is 0. The van der Waals surface area contributed by atoms with Gasteiger partial charge in [0.15, 0.2) is 0 Å². The zero-order valence-electron chi connectivity index (χ0n) is 19.2. The molecule has 8 saturated carbocycles. The van der Waals surface area contributed by atoms with Crippen molar-refractivity contribution in [1.82, 2.24) is 0 Å². The molecule has 0 unspecified atom stereocenters. The molecule has 1 N–H and O–H groups in total. The van der Waals surface area contributed by atoms with E-state index in [-0.39, 0.29) is 7.92 Å². The molecule has 8 rings (SSSR count). The first kappa shape index (κ1) is 22.1. The fraction of sp³-hybridized carbons (Fsp3) is 1.00. The van der Waals surface area contributed by atoms with Crippen LogP contribution >= 0.6 is 7.92 Å². The monoisotopic (exact) mass is 454 g/mol. The third-order valence-electron chi connectivity index (χ3n) is 9.89.